The third-order valence-corrected chi connectivity index (χ3v) is 7.52. The van der Waals surface area contributed by atoms with Crippen LogP contribution in [0.3, 0.4) is 0 Å². The lowest BCUT2D eigenvalue weighted by Crippen LogP contribution is -2.34. The van der Waals surface area contributed by atoms with Crippen molar-refractivity contribution >= 4 is 21.8 Å². The molecule has 0 saturated heterocycles. The third kappa shape index (κ3) is 13.2. The number of methoxy groups -OCH3 is 1. The van der Waals surface area contributed by atoms with Crippen LogP contribution in [0.1, 0.15) is 105 Å². The zero-order chi connectivity index (χ0) is 23.2. The molecule has 0 aliphatic heterocycles. The van der Waals surface area contributed by atoms with Crippen molar-refractivity contribution in [2.24, 2.45) is 5.41 Å². The molecular formula is C23H44O6S. The van der Waals surface area contributed by atoms with Gasteiger partial charge in [-0.05, 0) is 38.5 Å². The van der Waals surface area contributed by atoms with Gasteiger partial charge in [-0.15, -0.1) is 0 Å². The molecule has 0 bridgehead atoms. The molecule has 2 atom stereocenters. The summed E-state index contributed by atoms with van der Waals surface area (Å²) in [6.07, 6.45) is 10.7. The van der Waals surface area contributed by atoms with E-state index in [0.29, 0.717) is 32.1 Å². The van der Waals surface area contributed by atoms with Crippen LogP contribution < -0.4 is 0 Å². The second-order valence-corrected chi connectivity index (χ2v) is 11.4. The number of rotatable bonds is 17. The molecular weight excluding hydrogens is 404 g/mol. The molecule has 0 saturated carbocycles. The van der Waals surface area contributed by atoms with Gasteiger partial charge < -0.3 is 9.47 Å². The number of hydrogen-bond acceptors (Lipinski definition) is 6. The molecule has 30 heavy (non-hydrogen) atoms. The number of hydrogen-bond donors (Lipinski definition) is 0. The van der Waals surface area contributed by atoms with Crippen LogP contribution in [-0.2, 0) is 28.9 Å². The van der Waals surface area contributed by atoms with E-state index in [0.717, 1.165) is 44.9 Å². The third-order valence-electron chi connectivity index (χ3n) is 5.84. The first-order chi connectivity index (χ1) is 13.9. The molecule has 0 radical (unpaired) electrons. The minimum Gasteiger partial charge on any atom is -0.469 e. The molecule has 2 unspecified atom stereocenters. The Morgan fingerprint density at radius 1 is 0.933 bits per heavy atom. The maximum absolute atomic E-state index is 12.2. The quantitative estimate of drug-likeness (QED) is 0.224. The molecule has 0 aliphatic carbocycles. The zero-order valence-electron chi connectivity index (χ0n) is 20.0. The topological polar surface area (TPSA) is 86.7 Å². The first kappa shape index (κ1) is 28.9. The van der Waals surface area contributed by atoms with Crippen LogP contribution in [-0.4, -0.2) is 45.1 Å². The van der Waals surface area contributed by atoms with Gasteiger partial charge in [0.2, 0.25) is 0 Å². The molecule has 0 fully saturated rings. The highest BCUT2D eigenvalue weighted by molar-refractivity contribution is 7.91. The Morgan fingerprint density at radius 3 is 2.07 bits per heavy atom. The number of carbonyl (C=O) groups is 2. The van der Waals surface area contributed by atoms with E-state index in [-0.39, 0.29) is 28.7 Å². The standard InChI is InChI=1S/C23H44O6S/c1-7-8-18-23(3,4)21(29-19(2)24)16-13-15-20(30(6,26)27)14-11-9-10-12-17-22(25)28-5/h20-21H,7-18H2,1-6H3. The van der Waals surface area contributed by atoms with Crippen LogP contribution in [0.15, 0.2) is 0 Å². The average molecular weight is 449 g/mol. The molecule has 6 nitrogen and oxygen atoms in total. The van der Waals surface area contributed by atoms with Crippen LogP contribution in [0.4, 0.5) is 0 Å². The van der Waals surface area contributed by atoms with Crippen molar-refractivity contribution in [2.75, 3.05) is 13.4 Å². The average Bonchev–Trinajstić information content (AvgIpc) is 2.65. The Morgan fingerprint density at radius 2 is 1.53 bits per heavy atom. The van der Waals surface area contributed by atoms with Crippen molar-refractivity contribution in [1.29, 1.82) is 0 Å². The summed E-state index contributed by atoms with van der Waals surface area (Å²) in [5.41, 5.74) is -0.123. The fourth-order valence-electron chi connectivity index (χ4n) is 3.80. The number of unbranched alkanes of at least 4 members (excludes halogenated alkanes) is 4. The Labute approximate surface area is 184 Å². The molecule has 178 valence electrons. The second-order valence-electron chi connectivity index (χ2n) is 9.10. The number of sulfone groups is 1. The summed E-state index contributed by atoms with van der Waals surface area (Å²) in [7, 11) is -1.74. The maximum Gasteiger partial charge on any atom is 0.305 e. The van der Waals surface area contributed by atoms with E-state index in [1.807, 2.05) is 0 Å². The Hall–Kier alpha value is -1.11. The fraction of sp³-hybridized carbons (Fsp3) is 0.913. The van der Waals surface area contributed by atoms with Crippen LogP contribution in [0.5, 0.6) is 0 Å². The molecule has 0 spiro atoms. The Balaban J connectivity index is 4.61. The van der Waals surface area contributed by atoms with E-state index in [4.69, 9.17) is 4.74 Å². The largest absolute Gasteiger partial charge is 0.469 e. The Bertz CT molecular complexity index is 597. The number of carbonyl (C=O) groups excluding carboxylic acids is 2. The second kappa shape index (κ2) is 14.8. The normalized spacial score (nSPS) is 14.2. The van der Waals surface area contributed by atoms with Crippen molar-refractivity contribution in [3.63, 3.8) is 0 Å². The van der Waals surface area contributed by atoms with E-state index in [1.165, 1.54) is 20.3 Å². The van der Waals surface area contributed by atoms with Gasteiger partial charge >= 0.3 is 11.9 Å². The summed E-state index contributed by atoms with van der Waals surface area (Å²) < 4.78 is 34.7. The molecule has 0 aromatic rings. The van der Waals surface area contributed by atoms with E-state index in [9.17, 15) is 18.0 Å². The van der Waals surface area contributed by atoms with Crippen LogP contribution >= 0.6 is 0 Å². The highest BCUT2D eigenvalue weighted by Gasteiger charge is 2.32. The van der Waals surface area contributed by atoms with E-state index < -0.39 is 9.84 Å². The van der Waals surface area contributed by atoms with Gasteiger partial charge in [-0.2, -0.15) is 0 Å². The zero-order valence-corrected chi connectivity index (χ0v) is 20.8. The van der Waals surface area contributed by atoms with Gasteiger partial charge in [-0.3, -0.25) is 9.59 Å². The summed E-state index contributed by atoms with van der Waals surface area (Å²) in [6.45, 7) is 7.82. The van der Waals surface area contributed by atoms with Crippen molar-refractivity contribution in [3.05, 3.63) is 0 Å². The molecule has 0 rings (SSSR count). The fourth-order valence-corrected chi connectivity index (χ4v) is 4.99. The van der Waals surface area contributed by atoms with Gasteiger partial charge in [-0.1, -0.05) is 52.9 Å². The molecule has 0 aliphatic rings. The molecule has 0 aromatic heterocycles. The molecule has 0 heterocycles. The number of ether oxygens (including phenoxy) is 2. The smallest absolute Gasteiger partial charge is 0.305 e. The summed E-state index contributed by atoms with van der Waals surface area (Å²) in [4.78, 5) is 22.7. The predicted octanol–water partition coefficient (Wildman–Crippen LogP) is 5.23. The summed E-state index contributed by atoms with van der Waals surface area (Å²) in [6, 6.07) is 0. The van der Waals surface area contributed by atoms with Crippen LogP contribution in [0.2, 0.25) is 0 Å². The maximum atomic E-state index is 12.2. The monoisotopic (exact) mass is 448 g/mol. The van der Waals surface area contributed by atoms with Crippen molar-refractivity contribution in [1.82, 2.24) is 0 Å². The first-order valence-electron chi connectivity index (χ1n) is 11.4. The highest BCUT2D eigenvalue weighted by Crippen LogP contribution is 2.33. The molecule has 0 aromatic carbocycles. The lowest BCUT2D eigenvalue weighted by atomic mass is 9.79. The molecule has 0 amide bonds. The summed E-state index contributed by atoms with van der Waals surface area (Å²) in [5, 5.41) is -0.366. The van der Waals surface area contributed by atoms with E-state index >= 15 is 0 Å². The molecule has 7 heteroatoms. The highest BCUT2D eigenvalue weighted by atomic mass is 32.2. The summed E-state index contributed by atoms with van der Waals surface area (Å²) >= 11 is 0. The van der Waals surface area contributed by atoms with E-state index in [1.54, 1.807) is 0 Å². The van der Waals surface area contributed by atoms with Crippen molar-refractivity contribution in [3.8, 4) is 0 Å². The minimum atomic E-state index is -3.13. The van der Waals surface area contributed by atoms with Gasteiger partial charge in [0.25, 0.3) is 0 Å². The van der Waals surface area contributed by atoms with Gasteiger partial charge in [0.1, 0.15) is 15.9 Å². The van der Waals surface area contributed by atoms with Crippen LogP contribution in [0, 0.1) is 5.41 Å². The lowest BCUT2D eigenvalue weighted by molar-refractivity contribution is -0.153. The number of esters is 2. The van der Waals surface area contributed by atoms with E-state index in [2.05, 4.69) is 25.5 Å². The van der Waals surface area contributed by atoms with Crippen LogP contribution in [0.25, 0.3) is 0 Å². The van der Waals surface area contributed by atoms with Gasteiger partial charge in [0, 0.05) is 25.0 Å². The SMILES string of the molecule is CCCCC(C)(C)C(CCCC(CCCCCCC(=O)OC)S(C)(=O)=O)OC(C)=O. The van der Waals surface area contributed by atoms with Gasteiger partial charge in [0.15, 0.2) is 0 Å². The summed E-state index contributed by atoms with van der Waals surface area (Å²) in [5.74, 6) is -0.482. The molecule has 0 N–H and O–H groups in total. The van der Waals surface area contributed by atoms with Gasteiger partial charge in [-0.25, -0.2) is 8.42 Å². The van der Waals surface area contributed by atoms with Crippen molar-refractivity contribution in [2.45, 2.75) is 116 Å². The van der Waals surface area contributed by atoms with Crippen molar-refractivity contribution < 1.29 is 27.5 Å². The minimum absolute atomic E-state index is 0.123. The Kier molecular flexibility index (Phi) is 14.3. The van der Waals surface area contributed by atoms with Gasteiger partial charge in [0.05, 0.1) is 12.4 Å². The predicted molar refractivity (Wildman–Crippen MR) is 121 cm³/mol. The first-order valence-corrected chi connectivity index (χ1v) is 13.3. The lowest BCUT2D eigenvalue weighted by Gasteiger charge is -2.34.